The molecule has 0 atom stereocenters. The first-order valence-electron chi connectivity index (χ1n) is 8.76. The zero-order valence-electron chi connectivity index (χ0n) is 16.4. The summed E-state index contributed by atoms with van der Waals surface area (Å²) in [7, 11) is 3.47. The van der Waals surface area contributed by atoms with Crippen LogP contribution in [0.2, 0.25) is 5.02 Å². The summed E-state index contributed by atoms with van der Waals surface area (Å²) >= 11 is 6.20. The van der Waals surface area contributed by atoms with Crippen LogP contribution in [0.5, 0.6) is 0 Å². The van der Waals surface area contributed by atoms with Gasteiger partial charge in [0, 0.05) is 43.5 Å². The molecule has 2 N–H and O–H groups in total. The van der Waals surface area contributed by atoms with Crippen LogP contribution in [0.25, 0.3) is 0 Å². The Kier molecular flexibility index (Phi) is 10.7. The number of aliphatic imine (C=N–C) groups is 1. The Bertz CT molecular complexity index is 748. The highest BCUT2D eigenvalue weighted by atomic mass is 127. The summed E-state index contributed by atoms with van der Waals surface area (Å²) in [6, 6.07) is 7.90. The van der Waals surface area contributed by atoms with Gasteiger partial charge < -0.3 is 15.4 Å². The van der Waals surface area contributed by atoms with E-state index >= 15 is 0 Å². The number of hydrogen-bond acceptors (Lipinski definition) is 3. The summed E-state index contributed by atoms with van der Waals surface area (Å²) in [5.74, 6) is 0.764. The zero-order chi connectivity index (χ0) is 18.9. The lowest BCUT2D eigenvalue weighted by atomic mass is 10.1. The van der Waals surface area contributed by atoms with Gasteiger partial charge in [-0.25, -0.2) is 0 Å². The third kappa shape index (κ3) is 6.97. The molecule has 0 unspecified atom stereocenters. The molecule has 0 spiro atoms. The predicted molar refractivity (Wildman–Crippen MR) is 122 cm³/mol. The number of aryl methyl sites for hydroxylation is 1. The summed E-state index contributed by atoms with van der Waals surface area (Å²) in [5.41, 5.74) is 4.49. The largest absolute Gasteiger partial charge is 0.383 e. The number of rotatable bonds is 8. The molecule has 0 fully saturated rings. The number of hydrogen-bond donors (Lipinski definition) is 2. The lowest BCUT2D eigenvalue weighted by Crippen LogP contribution is -2.38. The van der Waals surface area contributed by atoms with E-state index in [1.165, 1.54) is 5.56 Å². The van der Waals surface area contributed by atoms with Crippen LogP contribution < -0.4 is 10.6 Å². The van der Waals surface area contributed by atoms with E-state index in [-0.39, 0.29) is 24.0 Å². The molecule has 1 aromatic heterocycles. The second-order valence-electron chi connectivity index (χ2n) is 6.06. The van der Waals surface area contributed by atoms with Gasteiger partial charge in [0.15, 0.2) is 5.96 Å². The maximum Gasteiger partial charge on any atom is 0.191 e. The molecule has 0 aliphatic rings. The third-order valence-corrected chi connectivity index (χ3v) is 4.71. The number of nitrogens with zero attached hydrogens (tertiary/aromatic N) is 3. The Morgan fingerprint density at radius 3 is 2.67 bits per heavy atom. The number of benzene rings is 1. The summed E-state index contributed by atoms with van der Waals surface area (Å²) in [4.78, 5) is 4.29. The Morgan fingerprint density at radius 1 is 1.26 bits per heavy atom. The first-order valence-corrected chi connectivity index (χ1v) is 9.14. The van der Waals surface area contributed by atoms with Crippen LogP contribution in [0.15, 0.2) is 29.3 Å². The van der Waals surface area contributed by atoms with Gasteiger partial charge in [0.1, 0.15) is 0 Å². The first kappa shape index (κ1) is 23.7. The smallest absolute Gasteiger partial charge is 0.191 e. The van der Waals surface area contributed by atoms with E-state index in [1.54, 1.807) is 14.2 Å². The van der Waals surface area contributed by atoms with Crippen molar-refractivity contribution < 1.29 is 4.74 Å². The molecule has 0 bridgehead atoms. The molecule has 8 heteroatoms. The second-order valence-corrected chi connectivity index (χ2v) is 6.47. The molecule has 0 aliphatic carbocycles. The number of aromatic nitrogens is 2. The molecule has 0 saturated carbocycles. The van der Waals surface area contributed by atoms with Crippen molar-refractivity contribution >= 4 is 41.5 Å². The van der Waals surface area contributed by atoms with Crippen LogP contribution in [-0.2, 0) is 24.2 Å². The van der Waals surface area contributed by atoms with E-state index in [1.807, 2.05) is 35.9 Å². The molecule has 150 valence electrons. The van der Waals surface area contributed by atoms with Crippen LogP contribution in [0.1, 0.15) is 22.5 Å². The Labute approximate surface area is 183 Å². The highest BCUT2D eigenvalue weighted by molar-refractivity contribution is 14.0. The van der Waals surface area contributed by atoms with Crippen LogP contribution in [0, 0.1) is 13.8 Å². The molecular formula is C19H29ClIN5O. The summed E-state index contributed by atoms with van der Waals surface area (Å²) < 4.78 is 7.13. The monoisotopic (exact) mass is 505 g/mol. The lowest BCUT2D eigenvalue weighted by Gasteiger charge is -2.13. The van der Waals surface area contributed by atoms with Crippen LogP contribution in [-0.4, -0.2) is 43.0 Å². The normalized spacial score (nSPS) is 11.2. The van der Waals surface area contributed by atoms with Crippen molar-refractivity contribution in [2.24, 2.45) is 4.99 Å². The zero-order valence-corrected chi connectivity index (χ0v) is 19.5. The number of guanidine groups is 1. The quantitative estimate of drug-likeness (QED) is 0.328. The van der Waals surface area contributed by atoms with Gasteiger partial charge in [-0.1, -0.05) is 29.8 Å². The fraction of sp³-hybridized carbons (Fsp3) is 0.474. The van der Waals surface area contributed by atoms with E-state index in [9.17, 15) is 0 Å². The molecular weight excluding hydrogens is 477 g/mol. The van der Waals surface area contributed by atoms with Gasteiger partial charge in [0.25, 0.3) is 0 Å². The summed E-state index contributed by atoms with van der Waals surface area (Å²) in [6.07, 6.45) is 0.841. The highest BCUT2D eigenvalue weighted by Crippen LogP contribution is 2.15. The molecule has 27 heavy (non-hydrogen) atoms. The molecule has 1 aromatic carbocycles. The second kappa shape index (κ2) is 12.2. The predicted octanol–water partition coefficient (Wildman–Crippen LogP) is 3.33. The van der Waals surface area contributed by atoms with Crippen molar-refractivity contribution in [3.63, 3.8) is 0 Å². The maximum atomic E-state index is 6.20. The molecule has 1 heterocycles. The van der Waals surface area contributed by atoms with Crippen LogP contribution in [0.4, 0.5) is 0 Å². The van der Waals surface area contributed by atoms with Crippen molar-refractivity contribution in [1.82, 2.24) is 20.4 Å². The van der Waals surface area contributed by atoms with Gasteiger partial charge in [-0.15, -0.1) is 24.0 Å². The van der Waals surface area contributed by atoms with Crippen molar-refractivity contribution in [2.45, 2.75) is 33.4 Å². The minimum Gasteiger partial charge on any atom is -0.383 e. The maximum absolute atomic E-state index is 6.20. The van der Waals surface area contributed by atoms with Gasteiger partial charge in [-0.3, -0.25) is 9.67 Å². The van der Waals surface area contributed by atoms with Gasteiger partial charge in [0.05, 0.1) is 18.8 Å². The Balaban J connectivity index is 0.00000364. The Morgan fingerprint density at radius 2 is 2.00 bits per heavy atom. The third-order valence-electron chi connectivity index (χ3n) is 4.34. The molecule has 2 rings (SSSR count). The molecule has 0 aliphatic heterocycles. The molecule has 2 aromatic rings. The van der Waals surface area contributed by atoms with Crippen molar-refractivity contribution in [3.8, 4) is 0 Å². The SMILES string of the molecule is CN=C(NCCc1ccccc1Cl)NCc1c(C)nn(CCOC)c1C.I. The van der Waals surface area contributed by atoms with Crippen LogP contribution >= 0.6 is 35.6 Å². The number of halogens is 2. The molecule has 0 saturated heterocycles. The molecule has 0 amide bonds. The van der Waals surface area contributed by atoms with E-state index in [0.717, 1.165) is 47.4 Å². The number of ether oxygens (including phenoxy) is 1. The van der Waals surface area contributed by atoms with Gasteiger partial charge in [-0.05, 0) is 31.9 Å². The summed E-state index contributed by atoms with van der Waals surface area (Å²) in [6.45, 7) is 6.96. The Hall–Kier alpha value is -1.32. The fourth-order valence-electron chi connectivity index (χ4n) is 2.79. The van der Waals surface area contributed by atoms with E-state index in [4.69, 9.17) is 16.3 Å². The highest BCUT2D eigenvalue weighted by Gasteiger charge is 2.11. The first-order chi connectivity index (χ1) is 12.6. The number of nitrogens with one attached hydrogen (secondary N) is 2. The number of methoxy groups -OCH3 is 1. The molecule has 0 radical (unpaired) electrons. The van der Waals surface area contributed by atoms with E-state index < -0.39 is 0 Å². The fourth-order valence-corrected chi connectivity index (χ4v) is 3.02. The van der Waals surface area contributed by atoms with Crippen molar-refractivity contribution in [2.75, 3.05) is 27.3 Å². The standard InChI is InChI=1S/C19H28ClN5O.HI/c1-14-17(15(2)25(24-14)11-12-26-4)13-23-19(21-3)22-10-9-16-7-5-6-8-18(16)20;/h5-8H,9-13H2,1-4H3,(H2,21,22,23);1H. The minimum atomic E-state index is 0. The van der Waals surface area contributed by atoms with Gasteiger partial charge >= 0.3 is 0 Å². The van der Waals surface area contributed by atoms with Gasteiger partial charge in [0.2, 0.25) is 0 Å². The van der Waals surface area contributed by atoms with Crippen LogP contribution in [0.3, 0.4) is 0 Å². The van der Waals surface area contributed by atoms with Crippen molar-refractivity contribution in [3.05, 3.63) is 51.8 Å². The average molecular weight is 506 g/mol. The van der Waals surface area contributed by atoms with E-state index in [0.29, 0.717) is 13.2 Å². The minimum absolute atomic E-state index is 0. The topological polar surface area (TPSA) is 63.5 Å². The van der Waals surface area contributed by atoms with Crippen molar-refractivity contribution in [1.29, 1.82) is 0 Å². The van der Waals surface area contributed by atoms with E-state index in [2.05, 4.69) is 27.6 Å². The molecule has 6 nitrogen and oxygen atoms in total. The summed E-state index contributed by atoms with van der Waals surface area (Å²) in [5, 5.41) is 12.1. The lowest BCUT2D eigenvalue weighted by molar-refractivity contribution is 0.182. The average Bonchev–Trinajstić information content (AvgIpc) is 2.91. The van der Waals surface area contributed by atoms with Gasteiger partial charge in [-0.2, -0.15) is 5.10 Å².